The van der Waals surface area contributed by atoms with Crippen molar-refractivity contribution in [2.75, 3.05) is 19.0 Å². The third-order valence-electron chi connectivity index (χ3n) is 3.29. The van der Waals surface area contributed by atoms with Crippen LogP contribution in [0, 0.1) is 12.7 Å². The second-order valence-electron chi connectivity index (χ2n) is 5.18. The van der Waals surface area contributed by atoms with Crippen LogP contribution >= 0.6 is 0 Å². The maximum Gasteiger partial charge on any atom is 0.310 e. The standard InChI is InChI=1S/C18H18FNO4/c1-12-7-8-16(23-2)15(9-12)20-17(21)11-24-18(22)10-13-5-3-4-6-14(13)19/h3-9H,10-11H2,1-2H3,(H,20,21). The first-order valence-corrected chi connectivity index (χ1v) is 7.33. The van der Waals surface area contributed by atoms with Gasteiger partial charge in [-0.25, -0.2) is 4.39 Å². The summed E-state index contributed by atoms with van der Waals surface area (Å²) in [6.07, 6.45) is -0.228. The molecule has 0 heterocycles. The van der Waals surface area contributed by atoms with Crippen molar-refractivity contribution in [3.05, 3.63) is 59.4 Å². The fourth-order valence-corrected chi connectivity index (χ4v) is 2.10. The quantitative estimate of drug-likeness (QED) is 0.827. The van der Waals surface area contributed by atoms with E-state index in [-0.39, 0.29) is 12.0 Å². The highest BCUT2D eigenvalue weighted by Crippen LogP contribution is 2.25. The van der Waals surface area contributed by atoms with Gasteiger partial charge in [0.05, 0.1) is 19.2 Å². The summed E-state index contributed by atoms with van der Waals surface area (Å²) in [5.41, 5.74) is 1.67. The Morgan fingerprint density at radius 3 is 2.62 bits per heavy atom. The number of methoxy groups -OCH3 is 1. The van der Waals surface area contributed by atoms with Crippen molar-refractivity contribution >= 4 is 17.6 Å². The first-order chi connectivity index (χ1) is 11.5. The summed E-state index contributed by atoms with van der Waals surface area (Å²) >= 11 is 0. The molecule has 126 valence electrons. The van der Waals surface area contributed by atoms with E-state index in [1.165, 1.54) is 25.3 Å². The van der Waals surface area contributed by atoms with E-state index in [0.29, 0.717) is 11.4 Å². The van der Waals surface area contributed by atoms with E-state index in [0.717, 1.165) is 5.56 Å². The lowest BCUT2D eigenvalue weighted by molar-refractivity contribution is -0.146. The predicted octanol–water partition coefficient (Wildman–Crippen LogP) is 2.87. The van der Waals surface area contributed by atoms with Crippen molar-refractivity contribution in [3.63, 3.8) is 0 Å². The number of hydrogen-bond donors (Lipinski definition) is 1. The Morgan fingerprint density at radius 1 is 1.17 bits per heavy atom. The molecule has 0 aliphatic heterocycles. The van der Waals surface area contributed by atoms with Gasteiger partial charge in [0.1, 0.15) is 11.6 Å². The van der Waals surface area contributed by atoms with Gasteiger partial charge in [0.25, 0.3) is 5.91 Å². The molecule has 0 bridgehead atoms. The summed E-state index contributed by atoms with van der Waals surface area (Å²) in [6.45, 7) is 1.42. The lowest BCUT2D eigenvalue weighted by atomic mass is 10.1. The van der Waals surface area contributed by atoms with Gasteiger partial charge >= 0.3 is 5.97 Å². The molecule has 0 aliphatic carbocycles. The number of aryl methyl sites for hydroxylation is 1. The molecule has 1 amide bonds. The number of hydrogen-bond acceptors (Lipinski definition) is 4. The Kier molecular flexibility index (Phi) is 5.89. The molecule has 0 radical (unpaired) electrons. The zero-order valence-electron chi connectivity index (χ0n) is 13.5. The van der Waals surface area contributed by atoms with Crippen LogP contribution in [0.1, 0.15) is 11.1 Å². The van der Waals surface area contributed by atoms with E-state index in [9.17, 15) is 14.0 Å². The molecule has 0 spiro atoms. The summed E-state index contributed by atoms with van der Waals surface area (Å²) in [4.78, 5) is 23.6. The van der Waals surface area contributed by atoms with Gasteiger partial charge in [-0.2, -0.15) is 0 Å². The Morgan fingerprint density at radius 2 is 1.92 bits per heavy atom. The molecule has 2 rings (SSSR count). The van der Waals surface area contributed by atoms with Crippen LogP contribution in [0.4, 0.5) is 10.1 Å². The average Bonchev–Trinajstić information content (AvgIpc) is 2.55. The van der Waals surface area contributed by atoms with Crippen molar-refractivity contribution in [1.82, 2.24) is 0 Å². The molecular formula is C18H18FNO4. The van der Waals surface area contributed by atoms with Crippen molar-refractivity contribution in [2.24, 2.45) is 0 Å². The number of benzene rings is 2. The number of nitrogens with one attached hydrogen (secondary N) is 1. The maximum absolute atomic E-state index is 13.5. The number of esters is 1. The van der Waals surface area contributed by atoms with Crippen LogP contribution in [-0.2, 0) is 20.7 Å². The molecule has 0 saturated heterocycles. The molecule has 6 heteroatoms. The van der Waals surface area contributed by atoms with Gasteiger partial charge in [0, 0.05) is 0 Å². The van der Waals surface area contributed by atoms with Crippen molar-refractivity contribution < 1.29 is 23.5 Å². The molecule has 0 aromatic heterocycles. The minimum Gasteiger partial charge on any atom is -0.495 e. The highest BCUT2D eigenvalue weighted by atomic mass is 19.1. The molecule has 2 aromatic carbocycles. The van der Waals surface area contributed by atoms with Gasteiger partial charge in [0.15, 0.2) is 6.61 Å². The third kappa shape index (κ3) is 4.81. The van der Waals surface area contributed by atoms with Crippen LogP contribution in [0.15, 0.2) is 42.5 Å². The number of rotatable bonds is 6. The molecule has 0 unspecified atom stereocenters. The molecule has 24 heavy (non-hydrogen) atoms. The number of carbonyl (C=O) groups excluding carboxylic acids is 2. The number of amides is 1. The minimum atomic E-state index is -0.675. The van der Waals surface area contributed by atoms with Crippen LogP contribution in [0.3, 0.4) is 0 Å². The van der Waals surface area contributed by atoms with E-state index >= 15 is 0 Å². The van der Waals surface area contributed by atoms with Gasteiger partial charge in [0.2, 0.25) is 0 Å². The second-order valence-corrected chi connectivity index (χ2v) is 5.18. The first-order valence-electron chi connectivity index (χ1n) is 7.33. The second kappa shape index (κ2) is 8.10. The third-order valence-corrected chi connectivity index (χ3v) is 3.29. The zero-order valence-corrected chi connectivity index (χ0v) is 13.5. The number of halogens is 1. The lowest BCUT2D eigenvalue weighted by Crippen LogP contribution is -2.22. The van der Waals surface area contributed by atoms with E-state index in [1.807, 2.05) is 13.0 Å². The fraction of sp³-hybridized carbons (Fsp3) is 0.222. The first kappa shape index (κ1) is 17.5. The largest absolute Gasteiger partial charge is 0.495 e. The lowest BCUT2D eigenvalue weighted by Gasteiger charge is -2.11. The smallest absolute Gasteiger partial charge is 0.310 e. The topological polar surface area (TPSA) is 64.6 Å². The van der Waals surface area contributed by atoms with E-state index in [2.05, 4.69) is 5.32 Å². The van der Waals surface area contributed by atoms with Crippen LogP contribution in [-0.4, -0.2) is 25.6 Å². The van der Waals surface area contributed by atoms with Gasteiger partial charge in [-0.3, -0.25) is 9.59 Å². The van der Waals surface area contributed by atoms with Crippen molar-refractivity contribution in [1.29, 1.82) is 0 Å². The molecule has 0 fully saturated rings. The van der Waals surface area contributed by atoms with Crippen molar-refractivity contribution in [2.45, 2.75) is 13.3 Å². The highest BCUT2D eigenvalue weighted by Gasteiger charge is 2.12. The summed E-state index contributed by atoms with van der Waals surface area (Å²) in [6, 6.07) is 11.2. The van der Waals surface area contributed by atoms with E-state index in [4.69, 9.17) is 9.47 Å². The SMILES string of the molecule is COc1ccc(C)cc1NC(=O)COC(=O)Cc1ccccc1F. The normalized spacial score (nSPS) is 10.1. The van der Waals surface area contributed by atoms with Gasteiger partial charge < -0.3 is 14.8 Å². The van der Waals surface area contributed by atoms with Gasteiger partial charge in [-0.15, -0.1) is 0 Å². The Balaban J connectivity index is 1.88. The van der Waals surface area contributed by atoms with Gasteiger partial charge in [-0.05, 0) is 36.2 Å². The molecule has 5 nitrogen and oxygen atoms in total. The number of carbonyl (C=O) groups is 2. The summed E-state index contributed by atoms with van der Waals surface area (Å²) in [5.74, 6) is -1.15. The monoisotopic (exact) mass is 331 g/mol. The minimum absolute atomic E-state index is 0.225. The summed E-state index contributed by atoms with van der Waals surface area (Å²) in [5, 5.41) is 2.62. The molecule has 2 aromatic rings. The highest BCUT2D eigenvalue weighted by molar-refractivity contribution is 5.94. The molecule has 0 atom stereocenters. The summed E-state index contributed by atoms with van der Waals surface area (Å²) < 4.78 is 23.5. The molecule has 0 saturated carbocycles. The predicted molar refractivity (Wildman–Crippen MR) is 87.4 cm³/mol. The van der Waals surface area contributed by atoms with Crippen molar-refractivity contribution in [3.8, 4) is 5.75 Å². The Bertz CT molecular complexity index is 746. The number of anilines is 1. The Labute approximate surface area is 139 Å². The number of ether oxygens (including phenoxy) is 2. The summed E-state index contributed by atoms with van der Waals surface area (Å²) in [7, 11) is 1.49. The molecule has 1 N–H and O–H groups in total. The maximum atomic E-state index is 13.5. The van der Waals surface area contributed by atoms with E-state index < -0.39 is 24.3 Å². The molecule has 0 aliphatic rings. The average molecular weight is 331 g/mol. The van der Waals surface area contributed by atoms with Crippen LogP contribution < -0.4 is 10.1 Å². The van der Waals surface area contributed by atoms with Gasteiger partial charge in [-0.1, -0.05) is 24.3 Å². The van der Waals surface area contributed by atoms with Crippen LogP contribution in [0.2, 0.25) is 0 Å². The van der Waals surface area contributed by atoms with Crippen LogP contribution in [0.5, 0.6) is 5.75 Å². The van der Waals surface area contributed by atoms with E-state index in [1.54, 1.807) is 18.2 Å². The van der Waals surface area contributed by atoms with Crippen LogP contribution in [0.25, 0.3) is 0 Å². The zero-order chi connectivity index (χ0) is 17.5. The molecular weight excluding hydrogens is 313 g/mol. The fourth-order valence-electron chi connectivity index (χ4n) is 2.10. The Hall–Kier alpha value is -2.89.